The first-order chi connectivity index (χ1) is 16.3. The summed E-state index contributed by atoms with van der Waals surface area (Å²) in [5.41, 5.74) is 4.56. The minimum Gasteiger partial charge on any atom is -0.323 e. The normalized spacial score (nSPS) is 13.8. The second-order valence-electron chi connectivity index (χ2n) is 8.16. The van der Waals surface area contributed by atoms with E-state index < -0.39 is 17.2 Å². The topological polar surface area (TPSA) is 50.7 Å². The largest absolute Gasteiger partial charge is 0.323 e. The Hall–Kier alpha value is -3.71. The lowest BCUT2D eigenvalue weighted by Crippen LogP contribution is -2.13. The van der Waals surface area contributed by atoms with Gasteiger partial charge < -0.3 is 9.55 Å². The zero-order chi connectivity index (χ0) is 24.0. The molecule has 0 bridgehead atoms. The van der Waals surface area contributed by atoms with Gasteiger partial charge in [-0.05, 0) is 54.2 Å². The number of fused-ring (bicyclic) bond motifs is 1. The minimum atomic E-state index is -1.06. The number of allylic oxidation sites excluding steroid dienone is 3. The van der Waals surface area contributed by atoms with Crippen molar-refractivity contribution in [2.24, 2.45) is 0 Å². The third-order valence-electron chi connectivity index (χ3n) is 6.07. The molecule has 7 heteroatoms. The summed E-state index contributed by atoms with van der Waals surface area (Å²) < 4.78 is 30.3. The Labute approximate surface area is 200 Å². The van der Waals surface area contributed by atoms with Crippen LogP contribution in [-0.2, 0) is 6.54 Å². The first-order valence-corrected chi connectivity index (χ1v) is 11.6. The van der Waals surface area contributed by atoms with Gasteiger partial charge in [-0.2, -0.15) is 0 Å². The van der Waals surface area contributed by atoms with Crippen molar-refractivity contribution in [3.8, 4) is 11.3 Å². The van der Waals surface area contributed by atoms with Crippen LogP contribution in [0.5, 0.6) is 0 Å². The number of aromatic amines is 1. The highest BCUT2D eigenvalue weighted by molar-refractivity contribution is 8.11. The van der Waals surface area contributed by atoms with Gasteiger partial charge in [0.1, 0.15) is 5.82 Å². The molecule has 2 aromatic heterocycles. The molecule has 4 aromatic rings. The number of halogens is 2. The molecular formula is C27H23F2N3OS. The van der Waals surface area contributed by atoms with Crippen molar-refractivity contribution in [2.75, 3.05) is 0 Å². The molecule has 0 radical (unpaired) electrons. The Bertz CT molecular complexity index is 1590. The van der Waals surface area contributed by atoms with Gasteiger partial charge in [-0.25, -0.2) is 13.8 Å². The van der Waals surface area contributed by atoms with E-state index in [1.54, 1.807) is 11.8 Å². The van der Waals surface area contributed by atoms with Crippen LogP contribution in [0.2, 0.25) is 0 Å². The van der Waals surface area contributed by atoms with Crippen molar-refractivity contribution in [1.29, 1.82) is 0 Å². The van der Waals surface area contributed by atoms with Gasteiger partial charge in [0.25, 0.3) is 0 Å². The highest BCUT2D eigenvalue weighted by Crippen LogP contribution is 2.40. The number of aromatic nitrogens is 3. The third-order valence-corrected chi connectivity index (χ3v) is 7.07. The number of pyridine rings is 1. The maximum atomic E-state index is 14.5. The molecule has 1 aliphatic heterocycles. The number of nitrogens with one attached hydrogen (secondary N) is 1. The quantitative estimate of drug-likeness (QED) is 0.352. The van der Waals surface area contributed by atoms with Gasteiger partial charge in [0.2, 0.25) is 5.56 Å². The molecule has 172 valence electrons. The lowest BCUT2D eigenvalue weighted by molar-refractivity contribution is 0.515. The molecule has 0 fully saturated rings. The van der Waals surface area contributed by atoms with E-state index in [1.165, 1.54) is 12.1 Å². The smallest absolute Gasteiger partial charge is 0.248 e. The van der Waals surface area contributed by atoms with Crippen LogP contribution in [0.3, 0.4) is 0 Å². The Balaban J connectivity index is 0.00000289. The van der Waals surface area contributed by atoms with Gasteiger partial charge in [-0.15, -0.1) is 0 Å². The average Bonchev–Trinajstić information content (AvgIpc) is 3.15. The van der Waals surface area contributed by atoms with Crippen LogP contribution >= 0.6 is 11.8 Å². The molecule has 3 heterocycles. The number of rotatable bonds is 4. The molecule has 0 saturated heterocycles. The molecule has 0 saturated carbocycles. The van der Waals surface area contributed by atoms with Crippen LogP contribution in [0.15, 0.2) is 82.5 Å². The summed E-state index contributed by atoms with van der Waals surface area (Å²) in [4.78, 5) is 20.7. The van der Waals surface area contributed by atoms with E-state index in [9.17, 15) is 13.6 Å². The first kappa shape index (κ1) is 22.1. The Morgan fingerprint density at radius 2 is 1.91 bits per heavy atom. The predicted octanol–water partition coefficient (Wildman–Crippen LogP) is 6.82. The summed E-state index contributed by atoms with van der Waals surface area (Å²) in [6.45, 7) is 8.37. The number of hydrogen-bond acceptors (Lipinski definition) is 3. The molecule has 1 N–H and O–H groups in total. The first-order valence-electron chi connectivity index (χ1n) is 10.7. The molecule has 0 unspecified atom stereocenters. The third kappa shape index (κ3) is 3.72. The predicted molar refractivity (Wildman–Crippen MR) is 137 cm³/mol. The summed E-state index contributed by atoms with van der Waals surface area (Å²) >= 11 is 1.56. The molecule has 0 aliphatic carbocycles. The van der Waals surface area contributed by atoms with E-state index in [2.05, 4.69) is 11.6 Å². The second-order valence-corrected chi connectivity index (χ2v) is 9.08. The van der Waals surface area contributed by atoms with Crippen molar-refractivity contribution in [3.63, 3.8) is 0 Å². The minimum absolute atomic E-state index is 0. The van der Waals surface area contributed by atoms with Crippen molar-refractivity contribution < 1.29 is 10.2 Å². The Kier molecular flexibility index (Phi) is 5.57. The SMILES string of the molecule is C=C1C=CSC(c2nc(-c3ccccc3)c(C)n2Cc2cc(=O)[nH]c3c(F)c(F)ccc23)=C1C.[HH]. The van der Waals surface area contributed by atoms with E-state index >= 15 is 0 Å². The van der Waals surface area contributed by atoms with E-state index in [1.807, 2.05) is 60.2 Å². The van der Waals surface area contributed by atoms with Crippen LogP contribution in [0.25, 0.3) is 27.1 Å². The van der Waals surface area contributed by atoms with E-state index in [4.69, 9.17) is 4.98 Å². The standard InChI is InChI=1S/C27H21F2N3OS.H2/c1-15-11-12-34-26(16(15)2)27-31-24(18-7-5-4-6-8-18)17(3)32(27)14-19-13-22(33)30-25-20(19)9-10-21(28)23(25)29;/h4-13H,1,14H2,2-3H3,(H,30,33);1H. The van der Waals surface area contributed by atoms with Gasteiger partial charge in [0.15, 0.2) is 11.6 Å². The molecular weight excluding hydrogens is 452 g/mol. The van der Waals surface area contributed by atoms with Gasteiger partial charge >= 0.3 is 0 Å². The lowest BCUT2D eigenvalue weighted by Gasteiger charge is -2.17. The summed E-state index contributed by atoms with van der Waals surface area (Å²) in [7, 11) is 0. The lowest BCUT2D eigenvalue weighted by atomic mass is 10.1. The Morgan fingerprint density at radius 1 is 1.15 bits per heavy atom. The zero-order valence-electron chi connectivity index (χ0n) is 18.7. The molecule has 2 aromatic carbocycles. The van der Waals surface area contributed by atoms with Crippen LogP contribution < -0.4 is 5.56 Å². The van der Waals surface area contributed by atoms with Crippen molar-refractivity contribution in [3.05, 3.63) is 117 Å². The molecule has 34 heavy (non-hydrogen) atoms. The summed E-state index contributed by atoms with van der Waals surface area (Å²) in [5.74, 6) is -1.33. The van der Waals surface area contributed by atoms with Crippen LogP contribution in [-0.4, -0.2) is 14.5 Å². The fraction of sp³-hybridized carbons (Fsp3) is 0.111. The number of hydrogen-bond donors (Lipinski definition) is 1. The summed E-state index contributed by atoms with van der Waals surface area (Å²) in [6, 6.07) is 13.9. The number of benzene rings is 2. The Morgan fingerprint density at radius 3 is 2.68 bits per heavy atom. The van der Waals surface area contributed by atoms with Gasteiger partial charge in [-0.1, -0.05) is 48.7 Å². The van der Waals surface area contributed by atoms with Crippen LogP contribution in [0.1, 0.15) is 25.4 Å². The number of thioether (sulfide) groups is 1. The number of H-pyrrole nitrogens is 1. The van der Waals surface area contributed by atoms with Crippen LogP contribution in [0.4, 0.5) is 8.78 Å². The maximum Gasteiger partial charge on any atom is 0.248 e. The van der Waals surface area contributed by atoms with Crippen molar-refractivity contribution in [2.45, 2.75) is 20.4 Å². The van der Waals surface area contributed by atoms with Crippen LogP contribution in [0, 0.1) is 18.6 Å². The van der Waals surface area contributed by atoms with Crippen molar-refractivity contribution in [1.82, 2.24) is 14.5 Å². The van der Waals surface area contributed by atoms with Crippen molar-refractivity contribution >= 4 is 27.6 Å². The van der Waals surface area contributed by atoms with Gasteiger partial charge in [-0.3, -0.25) is 4.79 Å². The van der Waals surface area contributed by atoms with E-state index in [0.717, 1.165) is 44.9 Å². The number of imidazole rings is 1. The van der Waals surface area contributed by atoms with Gasteiger partial charge in [0, 0.05) is 24.1 Å². The summed E-state index contributed by atoms with van der Waals surface area (Å²) in [5, 5.41) is 2.42. The highest BCUT2D eigenvalue weighted by atomic mass is 32.2. The van der Waals surface area contributed by atoms with Gasteiger partial charge in [0.05, 0.1) is 22.7 Å². The van der Waals surface area contributed by atoms with E-state index in [0.29, 0.717) is 10.9 Å². The molecule has 1 aliphatic rings. The number of nitrogens with zero attached hydrogens (tertiary/aromatic N) is 2. The second kappa shape index (κ2) is 8.57. The zero-order valence-corrected chi connectivity index (χ0v) is 19.5. The molecule has 0 atom stereocenters. The average molecular weight is 476 g/mol. The highest BCUT2D eigenvalue weighted by Gasteiger charge is 2.23. The molecule has 5 rings (SSSR count). The molecule has 4 nitrogen and oxygen atoms in total. The monoisotopic (exact) mass is 475 g/mol. The maximum absolute atomic E-state index is 14.5. The summed E-state index contributed by atoms with van der Waals surface area (Å²) in [6.07, 6.45) is 1.96. The molecule has 0 spiro atoms. The fourth-order valence-electron chi connectivity index (χ4n) is 4.17. The van der Waals surface area contributed by atoms with E-state index in [-0.39, 0.29) is 13.5 Å². The molecule has 0 amide bonds. The fourth-order valence-corrected chi connectivity index (χ4v) is 5.11.